The zero-order valence-electron chi connectivity index (χ0n) is 19.8. The summed E-state index contributed by atoms with van der Waals surface area (Å²) < 4.78 is 5.77. The van der Waals surface area contributed by atoms with Crippen LogP contribution in [0.4, 0.5) is 0 Å². The summed E-state index contributed by atoms with van der Waals surface area (Å²) in [7, 11) is 0. The van der Waals surface area contributed by atoms with E-state index in [-0.39, 0.29) is 17.4 Å². The quantitative estimate of drug-likeness (QED) is 0.393. The number of aliphatic hydroxyl groups excluding tert-OH is 1. The molecule has 6 nitrogen and oxygen atoms in total. The molecule has 0 aromatic heterocycles. The zero-order valence-corrected chi connectivity index (χ0v) is 19.8. The van der Waals surface area contributed by atoms with Gasteiger partial charge in [-0.05, 0) is 56.3 Å². The van der Waals surface area contributed by atoms with E-state index in [0.717, 1.165) is 42.0 Å². The van der Waals surface area contributed by atoms with Gasteiger partial charge in [0.15, 0.2) is 0 Å². The lowest BCUT2D eigenvalue weighted by atomic mass is 9.93. The first-order chi connectivity index (χ1) is 15.8. The number of ketones is 1. The molecule has 0 aliphatic carbocycles. The van der Waals surface area contributed by atoms with Crippen LogP contribution in [0, 0.1) is 6.92 Å². The third-order valence-corrected chi connectivity index (χ3v) is 6.62. The van der Waals surface area contributed by atoms with Crippen molar-refractivity contribution in [3.05, 3.63) is 70.3 Å². The Labute approximate surface area is 195 Å². The minimum absolute atomic E-state index is 0.0790. The molecule has 0 saturated carbocycles. The van der Waals surface area contributed by atoms with Crippen molar-refractivity contribution in [3.8, 4) is 5.75 Å². The van der Waals surface area contributed by atoms with Crippen LogP contribution in [0.25, 0.3) is 5.76 Å². The molecule has 0 radical (unpaired) electrons. The summed E-state index contributed by atoms with van der Waals surface area (Å²) in [4.78, 5) is 30.2. The maximum absolute atomic E-state index is 13.2. The summed E-state index contributed by atoms with van der Waals surface area (Å²) in [5.41, 5.74) is 3.54. The van der Waals surface area contributed by atoms with Crippen LogP contribution in [0.15, 0.2) is 48.0 Å². The third kappa shape index (κ3) is 4.40. The molecule has 0 bridgehead atoms. The van der Waals surface area contributed by atoms with Gasteiger partial charge in [-0.25, -0.2) is 0 Å². The van der Waals surface area contributed by atoms with Gasteiger partial charge in [0, 0.05) is 25.1 Å². The predicted molar refractivity (Wildman–Crippen MR) is 128 cm³/mol. The maximum atomic E-state index is 13.2. The highest BCUT2D eigenvalue weighted by Crippen LogP contribution is 2.40. The highest BCUT2D eigenvalue weighted by atomic mass is 16.5. The summed E-state index contributed by atoms with van der Waals surface area (Å²) >= 11 is 0. The first kappa shape index (κ1) is 23.1. The molecule has 33 heavy (non-hydrogen) atoms. The van der Waals surface area contributed by atoms with E-state index in [1.807, 2.05) is 50.2 Å². The number of amides is 1. The van der Waals surface area contributed by atoms with Gasteiger partial charge in [-0.15, -0.1) is 0 Å². The monoisotopic (exact) mass is 448 g/mol. The number of carbonyl (C=O) groups excluding carboxylic acids is 2. The molecule has 1 saturated heterocycles. The summed E-state index contributed by atoms with van der Waals surface area (Å²) in [6.07, 6.45) is 0.825. The van der Waals surface area contributed by atoms with Crippen LogP contribution in [0.3, 0.4) is 0 Å². The molecule has 6 heteroatoms. The van der Waals surface area contributed by atoms with Gasteiger partial charge >= 0.3 is 0 Å². The molecule has 4 rings (SSSR count). The molecule has 2 aliphatic rings. The van der Waals surface area contributed by atoms with Crippen molar-refractivity contribution in [3.63, 3.8) is 0 Å². The number of ether oxygens (including phenoxy) is 1. The molecule has 0 spiro atoms. The van der Waals surface area contributed by atoms with E-state index in [1.54, 1.807) is 11.0 Å². The van der Waals surface area contributed by atoms with Crippen LogP contribution in [0.1, 0.15) is 49.1 Å². The highest BCUT2D eigenvalue weighted by Gasteiger charge is 2.46. The fraction of sp³-hybridized carbons (Fsp3) is 0.407. The summed E-state index contributed by atoms with van der Waals surface area (Å²) in [5.74, 6) is -0.529. The molecule has 2 atom stereocenters. The predicted octanol–water partition coefficient (Wildman–Crippen LogP) is 4.08. The molecule has 174 valence electrons. The Bertz CT molecular complexity index is 1100. The molecular formula is C27H32N2O4. The smallest absolute Gasteiger partial charge is 0.295 e. The second-order valence-corrected chi connectivity index (χ2v) is 8.89. The number of likely N-dealkylation sites (tertiary alicyclic amines) is 1. The van der Waals surface area contributed by atoms with E-state index in [0.29, 0.717) is 18.7 Å². The van der Waals surface area contributed by atoms with E-state index in [4.69, 9.17) is 4.74 Å². The van der Waals surface area contributed by atoms with Crippen molar-refractivity contribution in [2.45, 2.75) is 46.3 Å². The molecular weight excluding hydrogens is 416 g/mol. The van der Waals surface area contributed by atoms with Crippen LogP contribution in [-0.4, -0.2) is 58.9 Å². The number of benzene rings is 2. The molecule has 2 heterocycles. The topological polar surface area (TPSA) is 70.1 Å². The zero-order chi connectivity index (χ0) is 23.7. The Morgan fingerprint density at radius 2 is 1.91 bits per heavy atom. The van der Waals surface area contributed by atoms with Crippen LogP contribution in [0.5, 0.6) is 5.75 Å². The lowest BCUT2D eigenvalue weighted by Crippen LogP contribution is -2.38. The first-order valence-corrected chi connectivity index (χ1v) is 11.7. The van der Waals surface area contributed by atoms with E-state index >= 15 is 0 Å². The van der Waals surface area contributed by atoms with Crippen molar-refractivity contribution < 1.29 is 19.4 Å². The van der Waals surface area contributed by atoms with Crippen molar-refractivity contribution in [2.75, 3.05) is 26.2 Å². The van der Waals surface area contributed by atoms with Gasteiger partial charge in [0.2, 0.25) is 0 Å². The molecule has 2 aliphatic heterocycles. The van der Waals surface area contributed by atoms with E-state index in [1.165, 1.54) is 0 Å². The minimum atomic E-state index is -0.635. The van der Waals surface area contributed by atoms with Gasteiger partial charge in [0.1, 0.15) is 17.6 Å². The second-order valence-electron chi connectivity index (χ2n) is 8.89. The molecule has 1 amide bonds. The van der Waals surface area contributed by atoms with Crippen LogP contribution in [0.2, 0.25) is 0 Å². The maximum Gasteiger partial charge on any atom is 0.295 e. The number of Topliss-reactive ketones (excluding diaryl/α,β-unsaturated/α-hetero) is 1. The van der Waals surface area contributed by atoms with E-state index in [2.05, 4.69) is 18.7 Å². The van der Waals surface area contributed by atoms with Crippen molar-refractivity contribution >= 4 is 17.4 Å². The molecule has 1 fully saturated rings. The van der Waals surface area contributed by atoms with Crippen LogP contribution in [-0.2, 0) is 16.0 Å². The van der Waals surface area contributed by atoms with Gasteiger partial charge < -0.3 is 19.6 Å². The molecule has 2 aromatic carbocycles. The van der Waals surface area contributed by atoms with E-state index in [9.17, 15) is 14.7 Å². The Kier molecular flexibility index (Phi) is 6.56. The largest absolute Gasteiger partial charge is 0.507 e. The Morgan fingerprint density at radius 1 is 1.15 bits per heavy atom. The number of aryl methyl sites for hydroxylation is 1. The number of carbonyl (C=O) groups is 2. The van der Waals surface area contributed by atoms with Gasteiger partial charge in [0.25, 0.3) is 11.7 Å². The fourth-order valence-electron chi connectivity index (χ4n) is 4.81. The Morgan fingerprint density at radius 3 is 2.61 bits per heavy atom. The summed E-state index contributed by atoms with van der Waals surface area (Å²) in [5, 5.41) is 11.3. The third-order valence-electron chi connectivity index (χ3n) is 6.62. The van der Waals surface area contributed by atoms with Crippen molar-refractivity contribution in [1.29, 1.82) is 0 Å². The average Bonchev–Trinajstić information content (AvgIpc) is 3.30. The normalized spacial score (nSPS) is 21.5. The highest BCUT2D eigenvalue weighted by molar-refractivity contribution is 6.46. The van der Waals surface area contributed by atoms with Gasteiger partial charge in [-0.2, -0.15) is 0 Å². The Balaban J connectivity index is 1.79. The van der Waals surface area contributed by atoms with E-state index < -0.39 is 17.7 Å². The average molecular weight is 449 g/mol. The number of fused-ring (bicyclic) bond motifs is 1. The fourth-order valence-corrected chi connectivity index (χ4v) is 4.81. The van der Waals surface area contributed by atoms with Crippen molar-refractivity contribution in [1.82, 2.24) is 9.80 Å². The number of aliphatic hydroxyl groups is 1. The van der Waals surface area contributed by atoms with Crippen molar-refractivity contribution in [2.24, 2.45) is 0 Å². The number of hydrogen-bond donors (Lipinski definition) is 1. The molecule has 1 N–H and O–H groups in total. The Hall–Kier alpha value is -3.12. The first-order valence-electron chi connectivity index (χ1n) is 11.7. The molecule has 2 aromatic rings. The summed E-state index contributed by atoms with van der Waals surface area (Å²) in [6.45, 7) is 10.9. The number of likely N-dealkylation sites (N-methyl/N-ethyl adjacent to an activating group) is 1. The number of hydrogen-bond acceptors (Lipinski definition) is 5. The minimum Gasteiger partial charge on any atom is -0.507 e. The standard InChI is InChI=1S/C27H32N2O4/c1-5-28(6-2)12-13-29-24(19-9-7-8-17(3)14-19)23(26(31)27(29)32)25(30)20-10-11-22-21(16-20)15-18(4)33-22/h7-11,14,16,18,24,30H,5-6,12-13,15H2,1-4H3/b25-23-. The van der Waals surface area contributed by atoms with Crippen LogP contribution < -0.4 is 4.74 Å². The number of nitrogens with zero attached hydrogens (tertiary/aromatic N) is 2. The summed E-state index contributed by atoms with van der Waals surface area (Å²) in [6, 6.07) is 12.6. The van der Waals surface area contributed by atoms with Gasteiger partial charge in [-0.1, -0.05) is 43.7 Å². The van der Waals surface area contributed by atoms with Gasteiger partial charge in [-0.3, -0.25) is 9.59 Å². The lowest BCUT2D eigenvalue weighted by Gasteiger charge is -2.28. The SMILES string of the molecule is CCN(CC)CCN1C(=O)C(=O)/C(=C(\O)c2ccc3c(c2)CC(C)O3)C1c1cccc(C)c1. The lowest BCUT2D eigenvalue weighted by molar-refractivity contribution is -0.140. The molecule has 2 unspecified atom stereocenters. The number of rotatable bonds is 7. The van der Waals surface area contributed by atoms with Gasteiger partial charge in [0.05, 0.1) is 11.6 Å². The van der Waals surface area contributed by atoms with Crippen LogP contribution >= 0.6 is 0 Å². The second kappa shape index (κ2) is 9.40.